The van der Waals surface area contributed by atoms with Crippen LogP contribution in [0.5, 0.6) is 0 Å². The fourth-order valence-corrected chi connectivity index (χ4v) is 1.19. The van der Waals surface area contributed by atoms with Gasteiger partial charge in [0.2, 0.25) is 5.91 Å². The van der Waals surface area contributed by atoms with E-state index in [0.717, 1.165) is 19.5 Å². The second-order valence-electron chi connectivity index (χ2n) is 3.88. The van der Waals surface area contributed by atoms with Crippen molar-refractivity contribution in [3.8, 4) is 12.3 Å². The monoisotopic (exact) mass is 211 g/mol. The Morgan fingerprint density at radius 2 is 2.00 bits per heavy atom. The minimum atomic E-state index is -0.0136. The van der Waals surface area contributed by atoms with Crippen LogP contribution < -0.4 is 5.32 Å². The molecule has 4 nitrogen and oxygen atoms in total. The number of nitrogens with zero attached hydrogens (tertiary/aromatic N) is 2. The molecule has 86 valence electrons. The van der Waals surface area contributed by atoms with E-state index >= 15 is 0 Å². The minimum Gasteiger partial charge on any atom is -0.344 e. The van der Waals surface area contributed by atoms with Crippen molar-refractivity contribution in [3.63, 3.8) is 0 Å². The lowest BCUT2D eigenvalue weighted by Crippen LogP contribution is -2.36. The molecule has 1 N–H and O–H groups in total. The van der Waals surface area contributed by atoms with Gasteiger partial charge in [-0.05, 0) is 40.7 Å². The smallest absolute Gasteiger partial charge is 0.234 e. The largest absolute Gasteiger partial charge is 0.344 e. The fraction of sp³-hybridized carbons (Fsp3) is 0.727. The maximum atomic E-state index is 11.3. The third kappa shape index (κ3) is 9.26. The number of likely N-dealkylation sites (N-methyl/N-ethyl adjacent to an activating group) is 1. The highest BCUT2D eigenvalue weighted by Gasteiger charge is 2.04. The first-order chi connectivity index (χ1) is 7.06. The van der Waals surface area contributed by atoms with E-state index in [-0.39, 0.29) is 5.91 Å². The van der Waals surface area contributed by atoms with Crippen LogP contribution in [-0.4, -0.2) is 63.0 Å². The fourth-order valence-electron chi connectivity index (χ4n) is 1.19. The first-order valence-corrected chi connectivity index (χ1v) is 5.09. The Morgan fingerprint density at radius 3 is 2.53 bits per heavy atom. The van der Waals surface area contributed by atoms with Crippen molar-refractivity contribution in [1.29, 1.82) is 0 Å². The molecule has 0 saturated carbocycles. The molecule has 0 saturated heterocycles. The zero-order valence-electron chi connectivity index (χ0n) is 9.92. The number of carbonyl (C=O) groups is 1. The second kappa shape index (κ2) is 8.27. The molecule has 0 rings (SSSR count). The number of carbonyl (C=O) groups excluding carboxylic acids is 1. The summed E-state index contributed by atoms with van der Waals surface area (Å²) >= 11 is 0. The number of hydrogen-bond donors (Lipinski definition) is 1. The molecule has 0 bridgehead atoms. The van der Waals surface area contributed by atoms with Crippen molar-refractivity contribution >= 4 is 5.91 Å². The lowest BCUT2D eigenvalue weighted by atomic mass is 10.3. The van der Waals surface area contributed by atoms with Crippen molar-refractivity contribution < 1.29 is 4.79 Å². The molecular formula is C11H21N3O. The lowest BCUT2D eigenvalue weighted by Gasteiger charge is -2.17. The van der Waals surface area contributed by atoms with Crippen LogP contribution in [0.4, 0.5) is 0 Å². The number of hydrogen-bond acceptors (Lipinski definition) is 3. The number of nitrogens with one attached hydrogen (secondary N) is 1. The summed E-state index contributed by atoms with van der Waals surface area (Å²) < 4.78 is 0. The van der Waals surface area contributed by atoms with Gasteiger partial charge in [-0.25, -0.2) is 0 Å². The minimum absolute atomic E-state index is 0.0136. The molecule has 0 radical (unpaired) electrons. The Hall–Kier alpha value is -1.05. The molecule has 0 heterocycles. The average Bonchev–Trinajstić information content (AvgIpc) is 2.14. The maximum absolute atomic E-state index is 11.3. The van der Waals surface area contributed by atoms with E-state index in [4.69, 9.17) is 6.42 Å². The average molecular weight is 211 g/mol. The molecule has 15 heavy (non-hydrogen) atoms. The predicted octanol–water partition coefficient (Wildman–Crippen LogP) is -0.381. The highest BCUT2D eigenvalue weighted by atomic mass is 16.1. The van der Waals surface area contributed by atoms with Crippen molar-refractivity contribution in [1.82, 2.24) is 15.1 Å². The third-order valence-corrected chi connectivity index (χ3v) is 1.95. The number of terminal acetylenes is 1. The van der Waals surface area contributed by atoms with Crippen LogP contribution in [0.3, 0.4) is 0 Å². The Morgan fingerprint density at radius 1 is 1.33 bits per heavy atom. The predicted molar refractivity (Wildman–Crippen MR) is 62.5 cm³/mol. The Balaban J connectivity index is 3.51. The second-order valence-corrected chi connectivity index (χ2v) is 3.88. The van der Waals surface area contributed by atoms with Gasteiger partial charge < -0.3 is 10.2 Å². The molecular weight excluding hydrogens is 190 g/mol. The molecule has 1 amide bonds. The molecule has 4 heteroatoms. The number of rotatable bonds is 7. The molecule has 0 aromatic heterocycles. The quantitative estimate of drug-likeness (QED) is 0.583. The number of amides is 1. The summed E-state index contributed by atoms with van der Waals surface area (Å²) in [6.07, 6.45) is 6.10. The van der Waals surface area contributed by atoms with Crippen LogP contribution in [-0.2, 0) is 4.79 Å². The van der Waals surface area contributed by atoms with Gasteiger partial charge in [-0.3, -0.25) is 9.69 Å². The Labute approximate surface area is 92.6 Å². The Bertz CT molecular complexity index is 220. The molecule has 0 atom stereocenters. The van der Waals surface area contributed by atoms with E-state index in [1.807, 2.05) is 26.0 Å². The van der Waals surface area contributed by atoms with Crippen LogP contribution in [0.15, 0.2) is 0 Å². The summed E-state index contributed by atoms with van der Waals surface area (Å²) in [7, 11) is 6.02. The van der Waals surface area contributed by atoms with E-state index in [1.165, 1.54) is 0 Å². The van der Waals surface area contributed by atoms with Crippen molar-refractivity contribution in [3.05, 3.63) is 0 Å². The summed E-state index contributed by atoms with van der Waals surface area (Å²) in [5, 5.41) is 2.64. The van der Waals surface area contributed by atoms with Crippen LogP contribution in [0.25, 0.3) is 0 Å². The highest BCUT2D eigenvalue weighted by molar-refractivity contribution is 5.78. The standard InChI is InChI=1S/C11H21N3O/c1-5-7-12-11(15)10-14(4)9-6-8-13(2)3/h1H,6-10H2,2-4H3,(H,12,15). The third-order valence-electron chi connectivity index (χ3n) is 1.95. The van der Waals surface area contributed by atoms with E-state index < -0.39 is 0 Å². The van der Waals surface area contributed by atoms with Crippen LogP contribution >= 0.6 is 0 Å². The molecule has 0 aromatic carbocycles. The van der Waals surface area contributed by atoms with Gasteiger partial charge >= 0.3 is 0 Å². The normalized spacial score (nSPS) is 10.4. The Kier molecular flexibility index (Phi) is 7.69. The van der Waals surface area contributed by atoms with Gasteiger partial charge in [-0.2, -0.15) is 0 Å². The van der Waals surface area contributed by atoms with E-state index in [1.54, 1.807) is 0 Å². The molecule has 0 aromatic rings. The van der Waals surface area contributed by atoms with Crippen LogP contribution in [0, 0.1) is 12.3 Å². The zero-order chi connectivity index (χ0) is 11.7. The zero-order valence-corrected chi connectivity index (χ0v) is 9.92. The van der Waals surface area contributed by atoms with Gasteiger partial charge in [0.05, 0.1) is 13.1 Å². The lowest BCUT2D eigenvalue weighted by molar-refractivity contribution is -0.121. The van der Waals surface area contributed by atoms with Crippen molar-refractivity contribution in [2.75, 3.05) is 47.3 Å². The SMILES string of the molecule is C#CCNC(=O)CN(C)CCCN(C)C. The van der Waals surface area contributed by atoms with E-state index in [9.17, 15) is 4.79 Å². The molecule has 0 unspecified atom stereocenters. The summed E-state index contributed by atoms with van der Waals surface area (Å²) in [4.78, 5) is 15.4. The van der Waals surface area contributed by atoms with E-state index in [2.05, 4.69) is 16.1 Å². The van der Waals surface area contributed by atoms with Crippen molar-refractivity contribution in [2.24, 2.45) is 0 Å². The van der Waals surface area contributed by atoms with Gasteiger partial charge in [-0.15, -0.1) is 6.42 Å². The maximum Gasteiger partial charge on any atom is 0.234 e. The molecule has 0 aliphatic heterocycles. The first kappa shape index (κ1) is 13.9. The first-order valence-electron chi connectivity index (χ1n) is 5.09. The van der Waals surface area contributed by atoms with Gasteiger partial charge in [0.25, 0.3) is 0 Å². The summed E-state index contributed by atoms with van der Waals surface area (Å²) in [6, 6.07) is 0. The summed E-state index contributed by atoms with van der Waals surface area (Å²) in [5.41, 5.74) is 0. The van der Waals surface area contributed by atoms with Crippen LogP contribution in [0.2, 0.25) is 0 Å². The van der Waals surface area contributed by atoms with E-state index in [0.29, 0.717) is 13.1 Å². The van der Waals surface area contributed by atoms with Gasteiger partial charge in [0.15, 0.2) is 0 Å². The van der Waals surface area contributed by atoms with Crippen LogP contribution in [0.1, 0.15) is 6.42 Å². The highest BCUT2D eigenvalue weighted by Crippen LogP contribution is 1.88. The molecule has 0 spiro atoms. The van der Waals surface area contributed by atoms with Gasteiger partial charge in [0, 0.05) is 0 Å². The topological polar surface area (TPSA) is 35.6 Å². The molecule has 0 aliphatic rings. The summed E-state index contributed by atoms with van der Waals surface area (Å²) in [5.74, 6) is 2.36. The van der Waals surface area contributed by atoms with Gasteiger partial charge in [0.1, 0.15) is 0 Å². The van der Waals surface area contributed by atoms with Crippen molar-refractivity contribution in [2.45, 2.75) is 6.42 Å². The summed E-state index contributed by atoms with van der Waals surface area (Å²) in [6.45, 7) is 2.68. The van der Waals surface area contributed by atoms with Gasteiger partial charge in [-0.1, -0.05) is 5.92 Å². The molecule has 0 fully saturated rings. The molecule has 0 aliphatic carbocycles.